The van der Waals surface area contributed by atoms with Crippen LogP contribution in [0.15, 0.2) is 30.3 Å². The molecule has 1 aromatic carbocycles. The lowest BCUT2D eigenvalue weighted by Crippen LogP contribution is -2.46. The molecule has 2 aliphatic rings. The molecule has 0 bridgehead atoms. The highest BCUT2D eigenvalue weighted by molar-refractivity contribution is 6.74. The van der Waals surface area contributed by atoms with Crippen molar-refractivity contribution in [2.45, 2.75) is 97.3 Å². The number of carbonyl (C=O) groups is 2. The third-order valence-corrected chi connectivity index (χ3v) is 12.5. The summed E-state index contributed by atoms with van der Waals surface area (Å²) in [5.74, 6) is -0.533. The highest BCUT2D eigenvalue weighted by Crippen LogP contribution is 2.42. The first-order chi connectivity index (χ1) is 17.1. The topological polar surface area (TPSA) is 68.3 Å². The van der Waals surface area contributed by atoms with E-state index >= 15 is 0 Å². The maximum atomic E-state index is 13.4. The molecule has 8 heteroatoms. The number of carbonyl (C=O) groups excluding carboxylic acids is 2. The van der Waals surface area contributed by atoms with Crippen LogP contribution in [0.25, 0.3) is 0 Å². The second kappa shape index (κ2) is 11.5. The molecule has 0 radical (unpaired) electrons. The van der Waals surface area contributed by atoms with Crippen molar-refractivity contribution in [3.63, 3.8) is 0 Å². The maximum Gasteiger partial charge on any atom is 0.410 e. The molecule has 0 aliphatic carbocycles. The Hall–Kier alpha value is -1.90. The van der Waals surface area contributed by atoms with E-state index in [1.54, 1.807) is 0 Å². The largest absolute Gasteiger partial charge is 0.466 e. The summed E-state index contributed by atoms with van der Waals surface area (Å²) in [4.78, 5) is 30.7. The lowest BCUT2D eigenvalue weighted by atomic mass is 9.87. The smallest absolute Gasteiger partial charge is 0.410 e. The van der Waals surface area contributed by atoms with Crippen molar-refractivity contribution in [1.29, 1.82) is 0 Å². The van der Waals surface area contributed by atoms with E-state index in [0.717, 1.165) is 13.1 Å². The fourth-order valence-corrected chi connectivity index (χ4v) is 6.57. The molecule has 0 saturated carbocycles. The van der Waals surface area contributed by atoms with E-state index in [2.05, 4.69) is 50.9 Å². The first-order valence-corrected chi connectivity index (χ1v) is 16.6. The zero-order chi connectivity index (χ0) is 27.6. The molecule has 2 fully saturated rings. The Balaban J connectivity index is 1.88. The van der Waals surface area contributed by atoms with Gasteiger partial charge in [0, 0.05) is 38.1 Å². The molecule has 0 spiro atoms. The SMILES string of the molecule is CCOC(=O)C1CN(Cc2ccccc2)CC1[C@@H]1C[C@@H](O[Si](C)(C)C(C)(C)C)CN1C(=O)OC(C)(C)C. The third kappa shape index (κ3) is 7.58. The van der Waals surface area contributed by atoms with Gasteiger partial charge in [-0.3, -0.25) is 9.69 Å². The standard InChI is InChI=1S/C29H48N2O5Si/c1-10-34-26(32)24-20-30(17-21-14-12-11-13-15-21)19-23(24)25-16-22(36-37(8,9)29(5,6)7)18-31(25)27(33)35-28(2,3)4/h11-15,22-25H,10,16-20H2,1-9H3/t22-,23?,24?,25+/m1/s1. The molecule has 2 unspecified atom stereocenters. The van der Waals surface area contributed by atoms with Gasteiger partial charge in [-0.05, 0) is 57.8 Å². The van der Waals surface area contributed by atoms with Crippen LogP contribution in [0.5, 0.6) is 0 Å². The van der Waals surface area contributed by atoms with E-state index in [9.17, 15) is 9.59 Å². The van der Waals surface area contributed by atoms with Gasteiger partial charge in [0.2, 0.25) is 0 Å². The van der Waals surface area contributed by atoms with E-state index in [1.807, 2.05) is 50.8 Å². The fourth-order valence-electron chi connectivity index (χ4n) is 5.21. The van der Waals surface area contributed by atoms with Crippen LogP contribution in [-0.2, 0) is 25.2 Å². The van der Waals surface area contributed by atoms with Crippen molar-refractivity contribution in [2.24, 2.45) is 11.8 Å². The van der Waals surface area contributed by atoms with Gasteiger partial charge < -0.3 is 18.8 Å². The Bertz CT molecular complexity index is 924. The predicted octanol–water partition coefficient (Wildman–Crippen LogP) is 5.70. The van der Waals surface area contributed by atoms with Gasteiger partial charge in [-0.1, -0.05) is 51.1 Å². The normalized spacial score (nSPS) is 25.4. The van der Waals surface area contributed by atoms with Crippen molar-refractivity contribution in [3.05, 3.63) is 35.9 Å². The van der Waals surface area contributed by atoms with Gasteiger partial charge in [0.05, 0.1) is 18.6 Å². The molecule has 2 heterocycles. The van der Waals surface area contributed by atoms with Crippen LogP contribution in [0.3, 0.4) is 0 Å². The van der Waals surface area contributed by atoms with Crippen LogP contribution in [0, 0.1) is 11.8 Å². The van der Waals surface area contributed by atoms with Gasteiger partial charge in [0.25, 0.3) is 0 Å². The van der Waals surface area contributed by atoms with E-state index in [0.29, 0.717) is 26.1 Å². The van der Waals surface area contributed by atoms with Crippen LogP contribution in [-0.4, -0.2) is 74.2 Å². The second-order valence-electron chi connectivity index (χ2n) is 13.1. The highest BCUT2D eigenvalue weighted by atomic mass is 28.4. The van der Waals surface area contributed by atoms with Gasteiger partial charge in [-0.15, -0.1) is 0 Å². The minimum absolute atomic E-state index is 0.0525. The average molecular weight is 533 g/mol. The molecule has 0 aromatic heterocycles. The Kier molecular flexibility index (Phi) is 9.18. The Morgan fingerprint density at radius 1 is 1.00 bits per heavy atom. The minimum Gasteiger partial charge on any atom is -0.466 e. The quantitative estimate of drug-likeness (QED) is 0.332. The van der Waals surface area contributed by atoms with Crippen LogP contribution < -0.4 is 0 Å². The van der Waals surface area contributed by atoms with Crippen molar-refractivity contribution in [2.75, 3.05) is 26.2 Å². The first kappa shape index (κ1) is 29.6. The van der Waals surface area contributed by atoms with Crippen LogP contribution >= 0.6 is 0 Å². The third-order valence-electron chi connectivity index (χ3n) is 7.97. The van der Waals surface area contributed by atoms with Crippen molar-refractivity contribution in [3.8, 4) is 0 Å². The van der Waals surface area contributed by atoms with Crippen LogP contribution in [0.2, 0.25) is 18.1 Å². The summed E-state index contributed by atoms with van der Waals surface area (Å²) >= 11 is 0. The molecule has 37 heavy (non-hydrogen) atoms. The van der Waals surface area contributed by atoms with E-state index in [1.165, 1.54) is 5.56 Å². The summed E-state index contributed by atoms with van der Waals surface area (Å²) in [7, 11) is -2.05. The second-order valence-corrected chi connectivity index (χ2v) is 17.9. The van der Waals surface area contributed by atoms with Gasteiger partial charge in [-0.2, -0.15) is 0 Å². The average Bonchev–Trinajstić information content (AvgIpc) is 3.36. The summed E-state index contributed by atoms with van der Waals surface area (Å²) in [5, 5.41) is 0.0646. The monoisotopic (exact) mass is 532 g/mol. The number of nitrogens with zero attached hydrogens (tertiary/aromatic N) is 2. The van der Waals surface area contributed by atoms with Gasteiger partial charge >= 0.3 is 12.1 Å². The van der Waals surface area contributed by atoms with Crippen LogP contribution in [0.4, 0.5) is 4.79 Å². The fraction of sp³-hybridized carbons (Fsp3) is 0.724. The summed E-state index contributed by atoms with van der Waals surface area (Å²) < 4.78 is 18.1. The van der Waals surface area contributed by atoms with Gasteiger partial charge in [0.15, 0.2) is 8.32 Å². The van der Waals surface area contributed by atoms with Gasteiger partial charge in [0.1, 0.15) is 5.60 Å². The number of hydrogen-bond acceptors (Lipinski definition) is 6. The van der Waals surface area contributed by atoms with E-state index < -0.39 is 13.9 Å². The summed E-state index contributed by atoms with van der Waals surface area (Å²) in [6.45, 7) is 21.6. The minimum atomic E-state index is -2.05. The summed E-state index contributed by atoms with van der Waals surface area (Å²) in [6.07, 6.45) is 0.290. The molecule has 1 amide bonds. The van der Waals surface area contributed by atoms with Crippen molar-refractivity contribution < 1.29 is 23.5 Å². The van der Waals surface area contributed by atoms with Gasteiger partial charge in [-0.25, -0.2) is 4.79 Å². The molecule has 208 valence electrons. The Morgan fingerprint density at radius 2 is 1.65 bits per heavy atom. The molecular formula is C29H48N2O5Si. The molecule has 2 saturated heterocycles. The number of hydrogen-bond donors (Lipinski definition) is 0. The molecular weight excluding hydrogens is 484 g/mol. The van der Waals surface area contributed by atoms with E-state index in [-0.39, 0.29) is 41.1 Å². The number of benzene rings is 1. The molecule has 7 nitrogen and oxygen atoms in total. The lowest BCUT2D eigenvalue weighted by Gasteiger charge is -2.38. The molecule has 1 aromatic rings. The van der Waals surface area contributed by atoms with Crippen molar-refractivity contribution in [1.82, 2.24) is 9.80 Å². The number of esters is 1. The predicted molar refractivity (Wildman–Crippen MR) is 149 cm³/mol. The number of amides is 1. The number of ether oxygens (including phenoxy) is 2. The van der Waals surface area contributed by atoms with E-state index in [4.69, 9.17) is 13.9 Å². The first-order valence-electron chi connectivity index (χ1n) is 13.7. The van der Waals surface area contributed by atoms with Crippen molar-refractivity contribution >= 4 is 20.4 Å². The zero-order valence-corrected chi connectivity index (χ0v) is 25.4. The molecule has 2 aliphatic heterocycles. The molecule has 3 rings (SSSR count). The maximum absolute atomic E-state index is 13.4. The number of likely N-dealkylation sites (tertiary alicyclic amines) is 2. The highest BCUT2D eigenvalue weighted by Gasteiger charge is 2.51. The Labute approximate surface area is 225 Å². The lowest BCUT2D eigenvalue weighted by molar-refractivity contribution is -0.149. The molecule has 4 atom stereocenters. The summed E-state index contributed by atoms with van der Waals surface area (Å²) in [5.41, 5.74) is 0.607. The van der Waals surface area contributed by atoms with Crippen LogP contribution in [0.1, 0.15) is 60.5 Å². The summed E-state index contributed by atoms with van der Waals surface area (Å²) in [6, 6.07) is 10.2. The molecule has 0 N–H and O–H groups in total. The number of rotatable bonds is 7. The Morgan fingerprint density at radius 3 is 2.22 bits per heavy atom. The zero-order valence-electron chi connectivity index (χ0n) is 24.4.